The van der Waals surface area contributed by atoms with Crippen molar-refractivity contribution in [3.8, 4) is 0 Å². The molecule has 0 heterocycles. The summed E-state index contributed by atoms with van der Waals surface area (Å²) in [6, 6.07) is 0.995. The van der Waals surface area contributed by atoms with E-state index in [9.17, 15) is 0 Å². The molecule has 0 saturated carbocycles. The molecule has 0 atom stereocenters. The van der Waals surface area contributed by atoms with Gasteiger partial charge in [-0.3, -0.25) is 0 Å². The van der Waals surface area contributed by atoms with Gasteiger partial charge >= 0.3 is 25.7 Å². The van der Waals surface area contributed by atoms with Crippen molar-refractivity contribution >= 4 is 42.3 Å². The molecule has 0 radical (unpaired) electrons. The first kappa shape index (κ1) is 26.9. The monoisotopic (exact) mass is 456 g/mol. The van der Waals surface area contributed by atoms with E-state index in [0.717, 1.165) is 25.7 Å². The van der Waals surface area contributed by atoms with E-state index in [0.29, 0.717) is 0 Å². The highest BCUT2D eigenvalue weighted by molar-refractivity contribution is 6.90. The molecule has 0 aromatic heterocycles. The summed E-state index contributed by atoms with van der Waals surface area (Å²) in [5.74, 6) is 0. The van der Waals surface area contributed by atoms with Crippen molar-refractivity contribution in [2.75, 3.05) is 13.2 Å². The van der Waals surface area contributed by atoms with Crippen molar-refractivity contribution in [1.82, 2.24) is 0 Å². The Morgan fingerprint density at radius 1 is 0.538 bits per heavy atom. The highest BCUT2D eigenvalue weighted by atomic mass is 28.5. The Bertz CT molecular complexity index is 422. The standard InChI is InChI=1S/C16H44O5Si5/c1-13-14-17-15-16-23(5,6)19-25(9,10)21-26(11,12)20-24(7,8)18-22(2,3)4/h13-16H2,1-12H3. The minimum absolute atomic E-state index is 0.777. The summed E-state index contributed by atoms with van der Waals surface area (Å²) in [6.07, 6.45) is 1.06. The number of hydrogen-bond donors (Lipinski definition) is 0. The molecule has 26 heavy (non-hydrogen) atoms. The first-order valence-electron chi connectivity index (χ1n) is 9.77. The Kier molecular flexibility index (Phi) is 10.4. The quantitative estimate of drug-likeness (QED) is 0.265. The van der Waals surface area contributed by atoms with Gasteiger partial charge in [0.25, 0.3) is 0 Å². The van der Waals surface area contributed by atoms with Crippen molar-refractivity contribution in [1.29, 1.82) is 0 Å². The lowest BCUT2D eigenvalue weighted by Gasteiger charge is -2.42. The van der Waals surface area contributed by atoms with Gasteiger partial charge in [-0.25, -0.2) is 0 Å². The van der Waals surface area contributed by atoms with E-state index >= 15 is 0 Å². The predicted molar refractivity (Wildman–Crippen MR) is 124 cm³/mol. The summed E-state index contributed by atoms with van der Waals surface area (Å²) in [5, 5.41) is 0. The molecule has 0 fully saturated rings. The van der Waals surface area contributed by atoms with Gasteiger partial charge in [-0.05, 0) is 84.5 Å². The Morgan fingerprint density at radius 2 is 0.962 bits per heavy atom. The van der Waals surface area contributed by atoms with E-state index in [2.05, 4.69) is 78.9 Å². The molecule has 0 rings (SSSR count). The van der Waals surface area contributed by atoms with Crippen LogP contribution < -0.4 is 0 Å². The molecule has 5 nitrogen and oxygen atoms in total. The van der Waals surface area contributed by atoms with Gasteiger partial charge in [0.05, 0.1) is 0 Å². The summed E-state index contributed by atoms with van der Waals surface area (Å²) >= 11 is 0. The minimum Gasteiger partial charge on any atom is -0.437 e. The Balaban J connectivity index is 4.78. The van der Waals surface area contributed by atoms with Gasteiger partial charge in [0.15, 0.2) is 16.6 Å². The third-order valence-corrected chi connectivity index (χ3v) is 21.1. The normalized spacial score (nSPS) is 14.8. The molecule has 0 aromatic carbocycles. The molecule has 0 saturated heterocycles. The average molecular weight is 457 g/mol. The lowest BCUT2D eigenvalue weighted by atomic mass is 10.5. The van der Waals surface area contributed by atoms with Crippen LogP contribution in [0.1, 0.15) is 13.3 Å². The van der Waals surface area contributed by atoms with Gasteiger partial charge in [-0.15, -0.1) is 0 Å². The first-order valence-corrected chi connectivity index (χ1v) is 24.7. The summed E-state index contributed by atoms with van der Waals surface area (Å²) in [7, 11) is -10.3. The smallest absolute Gasteiger partial charge is 0.314 e. The Hall–Kier alpha value is 0.884. The fourth-order valence-electron chi connectivity index (χ4n) is 3.26. The third-order valence-electron chi connectivity index (χ3n) is 3.25. The summed E-state index contributed by atoms with van der Waals surface area (Å²) in [6.45, 7) is 27.6. The summed E-state index contributed by atoms with van der Waals surface area (Å²) in [4.78, 5) is 0. The molecule has 10 heteroatoms. The number of rotatable bonds is 13. The van der Waals surface area contributed by atoms with E-state index in [4.69, 9.17) is 21.2 Å². The predicted octanol–water partition coefficient (Wildman–Crippen LogP) is 5.62. The largest absolute Gasteiger partial charge is 0.437 e. The fourth-order valence-corrected chi connectivity index (χ4v) is 26.6. The van der Waals surface area contributed by atoms with Gasteiger partial charge in [-0.2, -0.15) is 0 Å². The van der Waals surface area contributed by atoms with Crippen molar-refractivity contribution in [2.45, 2.75) is 91.4 Å². The van der Waals surface area contributed by atoms with Crippen LogP contribution in [0.4, 0.5) is 0 Å². The SMILES string of the molecule is CCCOCC[Si](C)(C)O[Si](C)(C)O[Si](C)(C)O[Si](C)(C)O[Si](C)(C)C. The molecule has 0 spiro atoms. The zero-order valence-corrected chi connectivity index (χ0v) is 24.4. The lowest BCUT2D eigenvalue weighted by Crippen LogP contribution is -2.58. The Labute approximate surface area is 168 Å². The van der Waals surface area contributed by atoms with Crippen LogP contribution in [0, 0.1) is 0 Å². The van der Waals surface area contributed by atoms with Gasteiger partial charge in [-0.1, -0.05) is 6.92 Å². The topological polar surface area (TPSA) is 46.2 Å². The van der Waals surface area contributed by atoms with Gasteiger partial charge in [0.1, 0.15) is 0 Å². The zero-order chi connectivity index (χ0) is 20.9. The van der Waals surface area contributed by atoms with Crippen LogP contribution >= 0.6 is 0 Å². The van der Waals surface area contributed by atoms with Gasteiger partial charge in [0, 0.05) is 13.2 Å². The van der Waals surface area contributed by atoms with E-state index in [1.165, 1.54) is 0 Å². The number of ether oxygens (including phenoxy) is 1. The van der Waals surface area contributed by atoms with Crippen molar-refractivity contribution in [3.63, 3.8) is 0 Å². The minimum atomic E-state index is -2.33. The molecule has 0 aliphatic rings. The van der Waals surface area contributed by atoms with Crippen LogP contribution in [0.25, 0.3) is 0 Å². The maximum atomic E-state index is 6.57. The molecule has 0 aliphatic heterocycles. The van der Waals surface area contributed by atoms with Gasteiger partial charge in [0.2, 0.25) is 0 Å². The maximum Gasteiger partial charge on any atom is 0.314 e. The zero-order valence-electron chi connectivity index (χ0n) is 19.4. The number of hydrogen-bond acceptors (Lipinski definition) is 5. The van der Waals surface area contributed by atoms with Crippen LogP contribution in [0.5, 0.6) is 0 Å². The summed E-state index contributed by atoms with van der Waals surface area (Å²) in [5.41, 5.74) is 0. The highest BCUT2D eigenvalue weighted by Crippen LogP contribution is 2.26. The molecule has 0 amide bonds. The van der Waals surface area contributed by atoms with Crippen LogP contribution in [0.3, 0.4) is 0 Å². The molecule has 158 valence electrons. The van der Waals surface area contributed by atoms with Crippen LogP contribution in [0.2, 0.25) is 78.1 Å². The second-order valence-electron chi connectivity index (χ2n) is 9.84. The van der Waals surface area contributed by atoms with E-state index in [1.54, 1.807) is 0 Å². The molecule has 0 aliphatic carbocycles. The molecule has 0 unspecified atom stereocenters. The van der Waals surface area contributed by atoms with Crippen LogP contribution in [0.15, 0.2) is 0 Å². The Morgan fingerprint density at radius 3 is 1.38 bits per heavy atom. The third kappa shape index (κ3) is 14.0. The van der Waals surface area contributed by atoms with Crippen molar-refractivity contribution in [2.24, 2.45) is 0 Å². The second kappa shape index (κ2) is 10.1. The molecular weight excluding hydrogens is 413 g/mol. The summed E-state index contributed by atoms with van der Waals surface area (Å²) < 4.78 is 31.6. The van der Waals surface area contributed by atoms with Crippen molar-refractivity contribution in [3.05, 3.63) is 0 Å². The van der Waals surface area contributed by atoms with E-state index in [-0.39, 0.29) is 0 Å². The first-order chi connectivity index (χ1) is 11.4. The van der Waals surface area contributed by atoms with Crippen LogP contribution in [-0.4, -0.2) is 55.5 Å². The van der Waals surface area contributed by atoms with E-state index in [1.807, 2.05) is 0 Å². The van der Waals surface area contributed by atoms with Crippen molar-refractivity contribution < 1.29 is 21.2 Å². The molecule has 0 N–H and O–H groups in total. The highest BCUT2D eigenvalue weighted by Gasteiger charge is 2.45. The van der Waals surface area contributed by atoms with Gasteiger partial charge < -0.3 is 21.2 Å². The maximum absolute atomic E-state index is 6.57. The molecule has 0 aromatic rings. The second-order valence-corrected chi connectivity index (χ2v) is 29.8. The molecule has 0 bridgehead atoms. The molecular formula is C16H44O5Si5. The average Bonchev–Trinajstić information content (AvgIpc) is 2.26. The fraction of sp³-hybridized carbons (Fsp3) is 1.00. The van der Waals surface area contributed by atoms with Crippen LogP contribution in [-0.2, 0) is 21.2 Å². The van der Waals surface area contributed by atoms with E-state index < -0.39 is 42.3 Å². The lowest BCUT2D eigenvalue weighted by molar-refractivity contribution is 0.145.